The second-order valence-corrected chi connectivity index (χ2v) is 5.99. The van der Waals surface area contributed by atoms with E-state index in [4.69, 9.17) is 0 Å². The van der Waals surface area contributed by atoms with Gasteiger partial charge >= 0.3 is 0 Å². The maximum absolute atomic E-state index is 10.6. The number of aromatic nitrogens is 2. The Balaban J connectivity index is 1.89. The van der Waals surface area contributed by atoms with Crippen molar-refractivity contribution >= 4 is 11.6 Å². The van der Waals surface area contributed by atoms with Crippen molar-refractivity contribution < 1.29 is 5.11 Å². The van der Waals surface area contributed by atoms with Gasteiger partial charge in [0.05, 0.1) is 5.60 Å². The van der Waals surface area contributed by atoms with Gasteiger partial charge < -0.3 is 15.7 Å². The lowest BCUT2D eigenvalue weighted by atomic mass is 9.79. The molecule has 1 aliphatic carbocycles. The Labute approximate surface area is 121 Å². The number of hydrogen-bond acceptors (Lipinski definition) is 5. The van der Waals surface area contributed by atoms with Crippen molar-refractivity contribution in [2.45, 2.75) is 51.6 Å². The van der Waals surface area contributed by atoms with Crippen LogP contribution in [0.5, 0.6) is 0 Å². The zero-order chi connectivity index (χ0) is 14.4. The minimum Gasteiger partial charge on any atom is -0.388 e. The van der Waals surface area contributed by atoms with Gasteiger partial charge in [-0.1, -0.05) is 26.7 Å². The first kappa shape index (κ1) is 15.0. The van der Waals surface area contributed by atoms with E-state index in [-0.39, 0.29) is 0 Å². The highest BCUT2D eigenvalue weighted by Crippen LogP contribution is 2.32. The molecule has 0 radical (unpaired) electrons. The van der Waals surface area contributed by atoms with E-state index in [9.17, 15) is 5.11 Å². The van der Waals surface area contributed by atoms with Crippen LogP contribution in [0.1, 0.15) is 46.0 Å². The van der Waals surface area contributed by atoms with Crippen LogP contribution >= 0.6 is 0 Å². The van der Waals surface area contributed by atoms with E-state index in [1.807, 2.05) is 6.07 Å². The largest absolute Gasteiger partial charge is 0.388 e. The fraction of sp³-hybridized carbons (Fsp3) is 0.733. The molecule has 2 atom stereocenters. The van der Waals surface area contributed by atoms with Gasteiger partial charge in [0.25, 0.3) is 0 Å². The average molecular weight is 278 g/mol. The fourth-order valence-electron chi connectivity index (χ4n) is 2.85. The molecule has 5 nitrogen and oxygen atoms in total. The molecule has 1 aliphatic rings. The van der Waals surface area contributed by atoms with Crippen LogP contribution in [0.2, 0.25) is 0 Å². The van der Waals surface area contributed by atoms with Crippen molar-refractivity contribution in [1.29, 1.82) is 0 Å². The monoisotopic (exact) mass is 278 g/mol. The van der Waals surface area contributed by atoms with E-state index < -0.39 is 5.60 Å². The highest BCUT2D eigenvalue weighted by atomic mass is 16.3. The molecule has 0 amide bonds. The predicted molar refractivity (Wildman–Crippen MR) is 81.9 cm³/mol. The van der Waals surface area contributed by atoms with Crippen LogP contribution in [-0.4, -0.2) is 33.8 Å². The highest BCUT2D eigenvalue weighted by molar-refractivity contribution is 5.46. The minimum absolute atomic E-state index is 0.557. The summed E-state index contributed by atoms with van der Waals surface area (Å²) >= 11 is 0. The molecule has 1 saturated carbocycles. The minimum atomic E-state index is -0.598. The SMILES string of the molecule is CCCNc1cc(NCC2(O)CCCC(C)C2)ncn1. The number of aliphatic hydroxyl groups is 1. The Hall–Kier alpha value is -1.36. The first-order valence-electron chi connectivity index (χ1n) is 7.63. The highest BCUT2D eigenvalue weighted by Gasteiger charge is 2.32. The number of nitrogens with zero attached hydrogens (tertiary/aromatic N) is 2. The maximum Gasteiger partial charge on any atom is 0.131 e. The quantitative estimate of drug-likeness (QED) is 0.746. The maximum atomic E-state index is 10.6. The van der Waals surface area contributed by atoms with Gasteiger partial charge in [0, 0.05) is 19.2 Å². The van der Waals surface area contributed by atoms with Crippen molar-refractivity contribution in [2.75, 3.05) is 23.7 Å². The van der Waals surface area contributed by atoms with E-state index in [2.05, 4.69) is 34.4 Å². The molecule has 1 aromatic heterocycles. The second kappa shape index (κ2) is 6.88. The van der Waals surface area contributed by atoms with Crippen LogP contribution in [0.3, 0.4) is 0 Å². The summed E-state index contributed by atoms with van der Waals surface area (Å²) in [5.41, 5.74) is -0.598. The molecule has 2 unspecified atom stereocenters. The summed E-state index contributed by atoms with van der Waals surface area (Å²) in [6, 6.07) is 1.89. The van der Waals surface area contributed by atoms with E-state index in [0.29, 0.717) is 12.5 Å². The molecule has 0 aromatic carbocycles. The number of anilines is 2. The van der Waals surface area contributed by atoms with Crippen molar-refractivity contribution in [3.63, 3.8) is 0 Å². The molecule has 20 heavy (non-hydrogen) atoms. The summed E-state index contributed by atoms with van der Waals surface area (Å²) in [5, 5.41) is 17.1. The third-order valence-electron chi connectivity index (χ3n) is 3.89. The molecular weight excluding hydrogens is 252 g/mol. The topological polar surface area (TPSA) is 70.1 Å². The third-order valence-corrected chi connectivity index (χ3v) is 3.89. The van der Waals surface area contributed by atoms with Crippen molar-refractivity contribution in [1.82, 2.24) is 9.97 Å². The standard InChI is InChI=1S/C15H26N4O/c1-3-7-16-13-8-14(19-11-18-13)17-10-15(20)6-4-5-12(2)9-15/h8,11-12,20H,3-7,9-10H2,1-2H3,(H2,16,17,18,19). The van der Waals surface area contributed by atoms with Crippen molar-refractivity contribution in [2.24, 2.45) is 5.92 Å². The van der Waals surface area contributed by atoms with Crippen LogP contribution in [0.15, 0.2) is 12.4 Å². The first-order chi connectivity index (χ1) is 9.61. The van der Waals surface area contributed by atoms with Crippen LogP contribution in [0.4, 0.5) is 11.6 Å². The van der Waals surface area contributed by atoms with Crippen LogP contribution in [0.25, 0.3) is 0 Å². The van der Waals surface area contributed by atoms with Gasteiger partial charge in [0.15, 0.2) is 0 Å². The molecule has 0 aliphatic heterocycles. The third kappa shape index (κ3) is 4.34. The summed E-state index contributed by atoms with van der Waals surface area (Å²) < 4.78 is 0. The van der Waals surface area contributed by atoms with Crippen molar-refractivity contribution in [3.8, 4) is 0 Å². The molecule has 1 heterocycles. The molecule has 0 saturated heterocycles. The smallest absolute Gasteiger partial charge is 0.131 e. The normalized spacial score (nSPS) is 26.2. The van der Waals surface area contributed by atoms with E-state index in [1.165, 1.54) is 6.42 Å². The summed E-state index contributed by atoms with van der Waals surface area (Å²) in [6.45, 7) is 5.79. The van der Waals surface area contributed by atoms with Gasteiger partial charge in [0.2, 0.25) is 0 Å². The molecular formula is C15H26N4O. The molecule has 0 bridgehead atoms. The van der Waals surface area contributed by atoms with E-state index >= 15 is 0 Å². The van der Waals surface area contributed by atoms with Gasteiger partial charge in [0.1, 0.15) is 18.0 Å². The predicted octanol–water partition coefficient (Wildman–Crippen LogP) is 2.65. The van der Waals surface area contributed by atoms with Crippen LogP contribution in [-0.2, 0) is 0 Å². The molecule has 1 fully saturated rings. The van der Waals surface area contributed by atoms with Crippen LogP contribution < -0.4 is 10.6 Å². The lowest BCUT2D eigenvalue weighted by Crippen LogP contribution is -2.41. The lowest BCUT2D eigenvalue weighted by molar-refractivity contribution is -0.000828. The van der Waals surface area contributed by atoms with Gasteiger partial charge in [-0.15, -0.1) is 0 Å². The average Bonchev–Trinajstić information content (AvgIpc) is 2.43. The fourth-order valence-corrected chi connectivity index (χ4v) is 2.85. The Bertz CT molecular complexity index is 426. The molecule has 3 N–H and O–H groups in total. The Morgan fingerprint density at radius 1 is 1.35 bits per heavy atom. The van der Waals surface area contributed by atoms with Gasteiger partial charge in [-0.2, -0.15) is 0 Å². The van der Waals surface area contributed by atoms with Crippen LogP contribution in [0, 0.1) is 5.92 Å². The van der Waals surface area contributed by atoms with Gasteiger partial charge in [-0.25, -0.2) is 9.97 Å². The zero-order valence-corrected chi connectivity index (χ0v) is 12.5. The Morgan fingerprint density at radius 2 is 2.10 bits per heavy atom. The zero-order valence-electron chi connectivity index (χ0n) is 12.5. The molecule has 1 aromatic rings. The number of nitrogens with one attached hydrogen (secondary N) is 2. The molecule has 5 heteroatoms. The van der Waals surface area contributed by atoms with E-state index in [1.54, 1.807) is 6.33 Å². The summed E-state index contributed by atoms with van der Waals surface area (Å²) in [7, 11) is 0. The molecule has 112 valence electrons. The number of hydrogen-bond donors (Lipinski definition) is 3. The molecule has 2 rings (SSSR count). The van der Waals surface area contributed by atoms with Crippen molar-refractivity contribution in [3.05, 3.63) is 12.4 Å². The second-order valence-electron chi connectivity index (χ2n) is 5.99. The van der Waals surface area contributed by atoms with Gasteiger partial charge in [-0.3, -0.25) is 0 Å². The lowest BCUT2D eigenvalue weighted by Gasteiger charge is -2.35. The van der Waals surface area contributed by atoms with E-state index in [0.717, 1.165) is 43.9 Å². The van der Waals surface area contributed by atoms with Gasteiger partial charge in [-0.05, 0) is 25.2 Å². The summed E-state index contributed by atoms with van der Waals surface area (Å²) in [4.78, 5) is 8.39. The first-order valence-corrected chi connectivity index (χ1v) is 7.63. The summed E-state index contributed by atoms with van der Waals surface area (Å²) in [5.74, 6) is 2.20. The Morgan fingerprint density at radius 3 is 2.80 bits per heavy atom. The number of rotatable bonds is 6. The molecule has 0 spiro atoms. The Kier molecular flexibility index (Phi) is 5.17. The summed E-state index contributed by atoms with van der Waals surface area (Å²) in [6.07, 6.45) is 6.67.